The molecule has 3 aliphatic carbocycles. The van der Waals surface area contributed by atoms with E-state index >= 15 is 0 Å². The van der Waals surface area contributed by atoms with Gasteiger partial charge in [-0.1, -0.05) is 39.7 Å². The normalized spacial score (nSPS) is 25.7. The molecule has 8 N–H and O–H groups in total. The van der Waals surface area contributed by atoms with Gasteiger partial charge in [-0.2, -0.15) is 0 Å². The molecule has 0 radical (unpaired) electrons. The Labute approximate surface area is 258 Å². The summed E-state index contributed by atoms with van der Waals surface area (Å²) in [6.07, 6.45) is -0.0227. The average molecular weight is 677 g/mol. The molecule has 0 saturated heterocycles. The molecular weight excluding hydrogens is 650 g/mol. The molecule has 226 valence electrons. The van der Waals surface area contributed by atoms with E-state index < -0.39 is 74.5 Å². The van der Waals surface area contributed by atoms with Gasteiger partial charge in [0, 0.05) is 11.5 Å². The number of hydrogen-bond donors (Lipinski definition) is 7. The summed E-state index contributed by atoms with van der Waals surface area (Å²) in [6, 6.07) is 6.09. The molecule has 0 fully saturated rings. The first-order valence-corrected chi connectivity index (χ1v) is 14.3. The summed E-state index contributed by atoms with van der Waals surface area (Å²) in [5, 5.41) is 57.1. The lowest BCUT2D eigenvalue weighted by Crippen LogP contribution is -2.63. The summed E-state index contributed by atoms with van der Waals surface area (Å²) in [4.78, 5) is 53.0. The highest BCUT2D eigenvalue weighted by Gasteiger charge is 2.63. The highest BCUT2D eigenvalue weighted by molar-refractivity contribution is 9.09. The van der Waals surface area contributed by atoms with Gasteiger partial charge in [0.25, 0.3) is 5.91 Å². The van der Waals surface area contributed by atoms with Crippen molar-refractivity contribution in [2.75, 3.05) is 19.4 Å². The van der Waals surface area contributed by atoms with E-state index in [0.717, 1.165) is 0 Å². The van der Waals surface area contributed by atoms with Gasteiger partial charge in [0.1, 0.15) is 33.4 Å². The Morgan fingerprint density at radius 2 is 1.77 bits per heavy atom. The third kappa shape index (κ3) is 4.58. The number of benzene rings is 2. The number of alkyl halides is 1. The molecule has 0 spiro atoms. The van der Waals surface area contributed by atoms with E-state index in [-0.39, 0.29) is 40.4 Å². The standard InChI is InChI=1S/C29H27BrClN3O9/c1-34(2)21-14-8-11-7-12-9-15(31)20(33-28(42)19(30)10-3-5-13(35)6-4-10)23(37)16(12)22(36)17(11)25(39)29(14,43)26(40)18(24(21)38)27(32)41/h3-6,9,11,14,19,21,35,37-39,43H,7-8H2,1-2H3,(H2,32,41)(H,33,42)/t11?,14?,19?,21-,29-/m0/s1. The maximum atomic E-state index is 13.9. The van der Waals surface area contributed by atoms with Crippen LogP contribution in [-0.4, -0.2) is 79.6 Å². The van der Waals surface area contributed by atoms with Crippen molar-refractivity contribution in [3.63, 3.8) is 0 Å². The average Bonchev–Trinajstić information content (AvgIpc) is 2.92. The number of aliphatic hydroxyl groups is 3. The van der Waals surface area contributed by atoms with Crippen molar-refractivity contribution in [3.8, 4) is 11.5 Å². The number of rotatable bonds is 5. The molecule has 2 aromatic carbocycles. The van der Waals surface area contributed by atoms with Gasteiger partial charge in [0.2, 0.25) is 11.7 Å². The molecule has 3 aliphatic rings. The fourth-order valence-electron chi connectivity index (χ4n) is 6.37. The minimum atomic E-state index is -2.77. The number of phenolic OH excluding ortho intramolecular Hbond substituents is 2. The van der Waals surface area contributed by atoms with Crippen LogP contribution in [0.3, 0.4) is 0 Å². The number of halogens is 2. The number of anilines is 1. The van der Waals surface area contributed by atoms with Gasteiger partial charge in [0.15, 0.2) is 17.1 Å². The first-order valence-electron chi connectivity index (χ1n) is 13.0. The second-order valence-corrected chi connectivity index (χ2v) is 12.3. The summed E-state index contributed by atoms with van der Waals surface area (Å²) in [6.45, 7) is 0. The van der Waals surface area contributed by atoms with Crippen LogP contribution >= 0.6 is 27.5 Å². The number of aromatic hydroxyl groups is 2. The van der Waals surface area contributed by atoms with Crippen molar-refractivity contribution < 1.29 is 44.7 Å². The number of aliphatic hydroxyl groups excluding tert-OH is 2. The van der Waals surface area contributed by atoms with Gasteiger partial charge in [0.05, 0.1) is 16.6 Å². The van der Waals surface area contributed by atoms with Crippen molar-refractivity contribution in [1.29, 1.82) is 0 Å². The lowest BCUT2D eigenvalue weighted by Gasteiger charge is -2.50. The molecule has 0 aliphatic heterocycles. The van der Waals surface area contributed by atoms with E-state index in [4.69, 9.17) is 17.3 Å². The molecule has 0 heterocycles. The Balaban J connectivity index is 1.58. The molecule has 14 heteroatoms. The SMILES string of the molecule is CN(C)[C@@H]1C(O)=C(C(N)=O)C(=O)[C@@]2(O)C(O)=C3C(=O)c4c(cc(Cl)c(NC(=O)C(Br)c5ccc(O)cc5)c4O)CC3CC12. The summed E-state index contributed by atoms with van der Waals surface area (Å²) >= 11 is 9.70. The Hall–Kier alpha value is -3.91. The van der Waals surface area contributed by atoms with Crippen molar-refractivity contribution in [2.45, 2.75) is 29.3 Å². The van der Waals surface area contributed by atoms with Crippen LogP contribution in [0.2, 0.25) is 5.02 Å². The first kappa shape index (κ1) is 30.5. The van der Waals surface area contributed by atoms with Crippen LogP contribution in [0.15, 0.2) is 53.0 Å². The molecule has 43 heavy (non-hydrogen) atoms. The van der Waals surface area contributed by atoms with Crippen LogP contribution in [-0.2, 0) is 20.8 Å². The Morgan fingerprint density at radius 1 is 1.14 bits per heavy atom. The molecule has 3 unspecified atom stereocenters. The van der Waals surface area contributed by atoms with Crippen LogP contribution < -0.4 is 11.1 Å². The van der Waals surface area contributed by atoms with Gasteiger partial charge in [-0.05, 0) is 62.2 Å². The lowest BCUT2D eigenvalue weighted by molar-refractivity contribution is -0.148. The number of nitrogens with two attached hydrogens (primary N) is 1. The minimum absolute atomic E-state index is 0.00173. The maximum absolute atomic E-state index is 13.9. The number of allylic oxidation sites excluding steroid dienone is 1. The second-order valence-electron chi connectivity index (χ2n) is 11.0. The van der Waals surface area contributed by atoms with Gasteiger partial charge in [-0.25, -0.2) is 0 Å². The topological polar surface area (TPSA) is 211 Å². The van der Waals surface area contributed by atoms with Crippen LogP contribution in [0.4, 0.5) is 5.69 Å². The molecule has 2 aromatic rings. The third-order valence-corrected chi connectivity index (χ3v) is 9.57. The number of ketones is 2. The van der Waals surface area contributed by atoms with E-state index in [1.807, 2.05) is 0 Å². The summed E-state index contributed by atoms with van der Waals surface area (Å²) in [5.41, 5.74) is 1.55. The van der Waals surface area contributed by atoms with Gasteiger partial charge in [-0.3, -0.25) is 24.1 Å². The Bertz CT molecular complexity index is 1670. The highest BCUT2D eigenvalue weighted by Crippen LogP contribution is 2.53. The first-order chi connectivity index (χ1) is 20.1. The van der Waals surface area contributed by atoms with Crippen LogP contribution in [0.1, 0.15) is 32.7 Å². The van der Waals surface area contributed by atoms with Crippen LogP contribution in [0.5, 0.6) is 11.5 Å². The summed E-state index contributed by atoms with van der Waals surface area (Å²) < 4.78 is 0. The van der Waals surface area contributed by atoms with Crippen molar-refractivity contribution in [2.24, 2.45) is 17.6 Å². The molecule has 0 aromatic heterocycles. The molecule has 0 bridgehead atoms. The van der Waals surface area contributed by atoms with E-state index in [0.29, 0.717) is 11.1 Å². The number of nitrogens with zero attached hydrogens (tertiary/aromatic N) is 1. The van der Waals surface area contributed by atoms with E-state index in [2.05, 4.69) is 21.2 Å². The Morgan fingerprint density at radius 3 is 2.35 bits per heavy atom. The lowest BCUT2D eigenvalue weighted by atomic mass is 9.58. The molecule has 12 nitrogen and oxygen atoms in total. The van der Waals surface area contributed by atoms with Crippen molar-refractivity contribution in [3.05, 3.63) is 74.7 Å². The van der Waals surface area contributed by atoms with Gasteiger partial charge >= 0.3 is 0 Å². The van der Waals surface area contributed by atoms with Gasteiger partial charge < -0.3 is 36.6 Å². The monoisotopic (exact) mass is 675 g/mol. The minimum Gasteiger partial charge on any atom is -0.510 e. The van der Waals surface area contributed by atoms with E-state index in [9.17, 15) is 44.7 Å². The fraction of sp³-hybridized carbons (Fsp3) is 0.310. The number of nitrogens with one attached hydrogen (secondary N) is 1. The predicted molar refractivity (Wildman–Crippen MR) is 157 cm³/mol. The Kier molecular flexibility index (Phi) is 7.58. The number of amides is 2. The van der Waals surface area contributed by atoms with Crippen molar-refractivity contribution in [1.82, 2.24) is 4.90 Å². The number of Topliss-reactive ketones (excluding diaryl/α,β-unsaturated/α-hetero) is 2. The number of carbonyl (C=O) groups is 4. The van der Waals surface area contributed by atoms with Crippen molar-refractivity contribution >= 4 is 56.6 Å². The number of primary amides is 1. The quantitative estimate of drug-likeness (QED) is 0.140. The fourth-order valence-corrected chi connectivity index (χ4v) is 7.06. The number of hydrogen-bond acceptors (Lipinski definition) is 10. The number of carbonyl (C=O) groups excluding carboxylic acids is 4. The van der Waals surface area contributed by atoms with Gasteiger partial charge in [-0.15, -0.1) is 0 Å². The molecule has 2 amide bonds. The van der Waals surface area contributed by atoms with Crippen LogP contribution in [0.25, 0.3) is 0 Å². The molecule has 5 rings (SSSR count). The zero-order valence-corrected chi connectivity index (χ0v) is 25.1. The second kappa shape index (κ2) is 10.7. The third-order valence-electron chi connectivity index (χ3n) is 8.33. The summed E-state index contributed by atoms with van der Waals surface area (Å²) in [7, 11) is 3.08. The number of fused-ring (bicyclic) bond motifs is 3. The highest BCUT2D eigenvalue weighted by atomic mass is 79.9. The number of likely N-dealkylation sites (N-methyl/N-ethyl adjacent to an activating group) is 1. The molecule has 5 atom stereocenters. The van der Waals surface area contributed by atoms with E-state index in [1.165, 1.54) is 35.2 Å². The zero-order chi connectivity index (χ0) is 31.7. The molecule has 0 saturated carbocycles. The smallest absolute Gasteiger partial charge is 0.255 e. The number of phenols is 2. The summed E-state index contributed by atoms with van der Waals surface area (Å²) in [5.74, 6) is -8.49. The maximum Gasteiger partial charge on any atom is 0.255 e. The molecular formula is C29H27BrClN3O9. The van der Waals surface area contributed by atoms with E-state index in [1.54, 1.807) is 14.1 Å². The largest absolute Gasteiger partial charge is 0.510 e. The predicted octanol–water partition coefficient (Wildman–Crippen LogP) is 2.55. The zero-order valence-electron chi connectivity index (χ0n) is 22.8. The van der Waals surface area contributed by atoms with Crippen LogP contribution in [0, 0.1) is 11.8 Å².